The normalized spacial score (nSPS) is 31.6. The first-order chi connectivity index (χ1) is 9.37. The van der Waals surface area contributed by atoms with Crippen LogP contribution in [-0.2, 0) is 11.3 Å². The highest BCUT2D eigenvalue weighted by Crippen LogP contribution is 2.52. The number of fused-ring (bicyclic) bond motifs is 2. The lowest BCUT2D eigenvalue weighted by Gasteiger charge is -2.39. The molecule has 2 aliphatic rings. The van der Waals surface area contributed by atoms with Crippen molar-refractivity contribution in [1.29, 1.82) is 0 Å². The maximum Gasteiger partial charge on any atom is 0.224 e. The highest BCUT2D eigenvalue weighted by atomic mass is 16.2. The summed E-state index contributed by atoms with van der Waals surface area (Å²) in [7, 11) is 0. The van der Waals surface area contributed by atoms with Crippen molar-refractivity contribution in [1.82, 2.24) is 14.5 Å². The molecule has 1 aliphatic carbocycles. The summed E-state index contributed by atoms with van der Waals surface area (Å²) in [4.78, 5) is 18.7. The SMILES string of the molecule is CC1(C)C[C@H]2C[C@](C)(CN2C(=O)CCn2ccnc2)C1. The van der Waals surface area contributed by atoms with Crippen LogP contribution in [0.15, 0.2) is 18.7 Å². The van der Waals surface area contributed by atoms with Crippen LogP contribution in [0.5, 0.6) is 0 Å². The monoisotopic (exact) mass is 275 g/mol. The molecule has 2 heterocycles. The molecule has 2 fully saturated rings. The first kappa shape index (κ1) is 13.7. The van der Waals surface area contributed by atoms with Crippen LogP contribution in [0, 0.1) is 10.8 Å². The fraction of sp³-hybridized carbons (Fsp3) is 0.750. The Labute approximate surface area is 121 Å². The van der Waals surface area contributed by atoms with Crippen molar-refractivity contribution in [2.45, 2.75) is 59.0 Å². The molecular formula is C16H25N3O. The van der Waals surface area contributed by atoms with Crippen LogP contribution in [0.25, 0.3) is 0 Å². The lowest BCUT2D eigenvalue weighted by atomic mass is 9.65. The lowest BCUT2D eigenvalue weighted by molar-refractivity contribution is -0.132. The number of nitrogens with zero attached hydrogens (tertiary/aromatic N) is 3. The van der Waals surface area contributed by atoms with E-state index in [4.69, 9.17) is 0 Å². The van der Waals surface area contributed by atoms with Crippen molar-refractivity contribution in [3.8, 4) is 0 Å². The van der Waals surface area contributed by atoms with E-state index in [0.717, 1.165) is 19.5 Å². The third kappa shape index (κ3) is 2.60. The van der Waals surface area contributed by atoms with E-state index < -0.39 is 0 Å². The minimum absolute atomic E-state index is 0.310. The Bertz CT molecular complexity index is 494. The maximum atomic E-state index is 12.5. The standard InChI is InChI=1S/C16H25N3O/c1-15(2)8-13-9-16(3,10-15)11-19(13)14(20)4-6-18-7-5-17-12-18/h5,7,12-13H,4,6,8-11H2,1-3H3/t13-,16-/m0/s1. The Morgan fingerprint density at radius 3 is 2.85 bits per heavy atom. The number of carbonyl (C=O) groups excluding carboxylic acids is 1. The first-order valence-corrected chi connectivity index (χ1v) is 7.62. The number of rotatable bonds is 3. The summed E-state index contributed by atoms with van der Waals surface area (Å²) in [5, 5.41) is 0. The third-order valence-corrected chi connectivity index (χ3v) is 4.88. The van der Waals surface area contributed by atoms with E-state index in [-0.39, 0.29) is 0 Å². The van der Waals surface area contributed by atoms with Gasteiger partial charge in [0.15, 0.2) is 0 Å². The van der Waals surface area contributed by atoms with Gasteiger partial charge in [0, 0.05) is 37.9 Å². The molecule has 20 heavy (non-hydrogen) atoms. The lowest BCUT2D eigenvalue weighted by Crippen LogP contribution is -2.38. The van der Waals surface area contributed by atoms with Gasteiger partial charge in [-0.25, -0.2) is 4.98 Å². The van der Waals surface area contributed by atoms with Gasteiger partial charge in [-0.05, 0) is 30.1 Å². The van der Waals surface area contributed by atoms with Gasteiger partial charge in [0.05, 0.1) is 6.33 Å². The minimum atomic E-state index is 0.310. The van der Waals surface area contributed by atoms with E-state index in [2.05, 4.69) is 30.7 Å². The number of aryl methyl sites for hydroxylation is 1. The number of carbonyl (C=O) groups is 1. The van der Waals surface area contributed by atoms with Crippen molar-refractivity contribution in [2.24, 2.45) is 10.8 Å². The molecular weight excluding hydrogens is 250 g/mol. The maximum absolute atomic E-state index is 12.5. The summed E-state index contributed by atoms with van der Waals surface area (Å²) < 4.78 is 1.98. The van der Waals surface area contributed by atoms with Gasteiger partial charge in [0.25, 0.3) is 0 Å². The van der Waals surface area contributed by atoms with Gasteiger partial charge in [-0.2, -0.15) is 0 Å². The van der Waals surface area contributed by atoms with Gasteiger partial charge >= 0.3 is 0 Å². The molecule has 1 aromatic heterocycles. The second-order valence-corrected chi connectivity index (χ2v) is 7.79. The number of hydrogen-bond donors (Lipinski definition) is 0. The number of likely N-dealkylation sites (tertiary alicyclic amines) is 1. The van der Waals surface area contributed by atoms with Crippen molar-refractivity contribution in [2.75, 3.05) is 6.54 Å². The van der Waals surface area contributed by atoms with E-state index in [1.54, 1.807) is 12.5 Å². The third-order valence-electron chi connectivity index (χ3n) is 4.88. The molecule has 110 valence electrons. The summed E-state index contributed by atoms with van der Waals surface area (Å²) in [6, 6.07) is 0.457. The molecule has 1 saturated heterocycles. The Morgan fingerprint density at radius 2 is 2.15 bits per heavy atom. The van der Waals surface area contributed by atoms with Crippen LogP contribution in [0.1, 0.15) is 46.5 Å². The molecule has 1 aliphatic heterocycles. The average Bonchev–Trinajstić information content (AvgIpc) is 2.91. The van der Waals surface area contributed by atoms with E-state index in [9.17, 15) is 4.79 Å². The molecule has 0 aromatic carbocycles. The van der Waals surface area contributed by atoms with Crippen LogP contribution in [0.4, 0.5) is 0 Å². The van der Waals surface area contributed by atoms with Crippen LogP contribution in [-0.4, -0.2) is 32.9 Å². The highest BCUT2D eigenvalue weighted by Gasteiger charge is 2.50. The number of hydrogen-bond acceptors (Lipinski definition) is 2. The molecule has 0 N–H and O–H groups in total. The van der Waals surface area contributed by atoms with Crippen LogP contribution >= 0.6 is 0 Å². The summed E-state index contributed by atoms with van der Waals surface area (Å²) in [6.07, 6.45) is 9.62. The first-order valence-electron chi connectivity index (χ1n) is 7.62. The van der Waals surface area contributed by atoms with E-state index in [0.29, 0.717) is 29.2 Å². The zero-order chi connectivity index (χ0) is 14.4. The van der Waals surface area contributed by atoms with Gasteiger partial charge in [0.1, 0.15) is 0 Å². The fourth-order valence-corrected chi connectivity index (χ4v) is 4.54. The molecule has 1 aromatic rings. The topological polar surface area (TPSA) is 38.1 Å². The second-order valence-electron chi connectivity index (χ2n) is 7.79. The van der Waals surface area contributed by atoms with E-state index >= 15 is 0 Å². The van der Waals surface area contributed by atoms with Crippen molar-refractivity contribution < 1.29 is 4.79 Å². The molecule has 0 spiro atoms. The number of aromatic nitrogens is 2. The molecule has 0 radical (unpaired) electrons. The van der Waals surface area contributed by atoms with Gasteiger partial charge in [-0.1, -0.05) is 20.8 Å². The molecule has 0 unspecified atom stereocenters. The summed E-state index contributed by atoms with van der Waals surface area (Å²) in [5.74, 6) is 0.310. The molecule has 2 bridgehead atoms. The zero-order valence-corrected chi connectivity index (χ0v) is 12.8. The zero-order valence-electron chi connectivity index (χ0n) is 12.8. The summed E-state index contributed by atoms with van der Waals surface area (Å²) in [5.41, 5.74) is 0.703. The highest BCUT2D eigenvalue weighted by molar-refractivity contribution is 5.77. The molecule has 4 nitrogen and oxygen atoms in total. The minimum Gasteiger partial charge on any atom is -0.339 e. The molecule has 1 amide bonds. The average molecular weight is 275 g/mol. The van der Waals surface area contributed by atoms with Crippen molar-refractivity contribution >= 4 is 5.91 Å². The molecule has 4 heteroatoms. The Balaban J connectivity index is 1.64. The van der Waals surface area contributed by atoms with Crippen LogP contribution < -0.4 is 0 Å². The van der Waals surface area contributed by atoms with Crippen molar-refractivity contribution in [3.63, 3.8) is 0 Å². The fourth-order valence-electron chi connectivity index (χ4n) is 4.54. The molecule has 1 saturated carbocycles. The summed E-state index contributed by atoms with van der Waals surface area (Å²) >= 11 is 0. The van der Waals surface area contributed by atoms with Crippen LogP contribution in [0.3, 0.4) is 0 Å². The predicted molar refractivity (Wildman–Crippen MR) is 78.1 cm³/mol. The van der Waals surface area contributed by atoms with Gasteiger partial charge < -0.3 is 9.47 Å². The van der Waals surface area contributed by atoms with E-state index in [1.165, 1.54) is 12.8 Å². The second kappa shape index (κ2) is 4.61. The Kier molecular flexibility index (Phi) is 3.14. The van der Waals surface area contributed by atoms with Gasteiger partial charge in [-0.15, -0.1) is 0 Å². The Hall–Kier alpha value is -1.32. The van der Waals surface area contributed by atoms with Crippen LogP contribution in [0.2, 0.25) is 0 Å². The van der Waals surface area contributed by atoms with Gasteiger partial charge in [-0.3, -0.25) is 4.79 Å². The Morgan fingerprint density at radius 1 is 1.35 bits per heavy atom. The largest absolute Gasteiger partial charge is 0.339 e. The molecule has 3 rings (SSSR count). The van der Waals surface area contributed by atoms with E-state index in [1.807, 2.05) is 10.8 Å². The van der Waals surface area contributed by atoms with Crippen molar-refractivity contribution in [3.05, 3.63) is 18.7 Å². The van der Waals surface area contributed by atoms with Gasteiger partial charge in [0.2, 0.25) is 5.91 Å². The smallest absolute Gasteiger partial charge is 0.224 e. The number of amides is 1. The quantitative estimate of drug-likeness (QED) is 0.850. The predicted octanol–water partition coefficient (Wildman–Crippen LogP) is 2.70. The number of imidazole rings is 1. The molecule has 2 atom stereocenters. The summed E-state index contributed by atoms with van der Waals surface area (Å²) in [6.45, 7) is 8.73.